The van der Waals surface area contributed by atoms with E-state index in [1.165, 1.54) is 36.0 Å². The predicted octanol–water partition coefficient (Wildman–Crippen LogP) is 3.44. The second kappa shape index (κ2) is 10.6. The van der Waals surface area contributed by atoms with Crippen LogP contribution in [0, 0.1) is 5.82 Å². The van der Waals surface area contributed by atoms with Gasteiger partial charge in [-0.15, -0.1) is 10.2 Å². The topological polar surface area (TPSA) is 95.3 Å². The second-order valence-corrected chi connectivity index (χ2v) is 7.28. The van der Waals surface area contributed by atoms with Crippen LogP contribution in [0.3, 0.4) is 0 Å². The Labute approximate surface area is 182 Å². The average molecular weight is 444 g/mol. The molecule has 0 bridgehead atoms. The highest BCUT2D eigenvalue weighted by atomic mass is 32.2. The van der Waals surface area contributed by atoms with Crippen LogP contribution in [0.4, 0.5) is 10.1 Å². The summed E-state index contributed by atoms with van der Waals surface area (Å²) in [4.78, 5) is 23.9. The number of hydrogen-bond donors (Lipinski definition) is 1. The van der Waals surface area contributed by atoms with Crippen molar-refractivity contribution in [1.29, 1.82) is 0 Å². The Balaban J connectivity index is 1.49. The Morgan fingerprint density at radius 3 is 2.48 bits per heavy atom. The van der Waals surface area contributed by atoms with Crippen LogP contribution in [0.25, 0.3) is 0 Å². The van der Waals surface area contributed by atoms with Crippen molar-refractivity contribution in [1.82, 2.24) is 14.8 Å². The highest BCUT2D eigenvalue weighted by Gasteiger charge is 2.13. The molecule has 162 valence electrons. The zero-order chi connectivity index (χ0) is 22.2. The minimum Gasteiger partial charge on any atom is -0.486 e. The van der Waals surface area contributed by atoms with E-state index in [2.05, 4.69) is 15.5 Å². The summed E-state index contributed by atoms with van der Waals surface area (Å²) in [6, 6.07) is 12.2. The SMILES string of the molecule is CCOC(=O)c1ccc(NC(=O)CSc2nnc(COc3ccc(F)cc3)n2C)cc1. The molecule has 31 heavy (non-hydrogen) atoms. The molecule has 0 aliphatic rings. The number of amides is 1. The zero-order valence-corrected chi connectivity index (χ0v) is 17.8. The van der Waals surface area contributed by atoms with Gasteiger partial charge in [0.2, 0.25) is 5.91 Å². The van der Waals surface area contributed by atoms with E-state index in [9.17, 15) is 14.0 Å². The molecule has 0 unspecified atom stereocenters. The lowest BCUT2D eigenvalue weighted by molar-refractivity contribution is -0.113. The lowest BCUT2D eigenvalue weighted by atomic mass is 10.2. The maximum absolute atomic E-state index is 12.9. The van der Waals surface area contributed by atoms with Crippen molar-refractivity contribution in [3.8, 4) is 5.75 Å². The van der Waals surface area contributed by atoms with Gasteiger partial charge in [-0.1, -0.05) is 11.8 Å². The Kier molecular flexibility index (Phi) is 7.60. The number of nitrogens with zero attached hydrogens (tertiary/aromatic N) is 3. The quantitative estimate of drug-likeness (QED) is 0.399. The van der Waals surface area contributed by atoms with Crippen molar-refractivity contribution in [2.75, 3.05) is 17.7 Å². The summed E-state index contributed by atoms with van der Waals surface area (Å²) < 4.78 is 25.2. The van der Waals surface area contributed by atoms with Gasteiger partial charge in [0, 0.05) is 12.7 Å². The van der Waals surface area contributed by atoms with Crippen molar-refractivity contribution in [2.45, 2.75) is 18.7 Å². The van der Waals surface area contributed by atoms with Crippen molar-refractivity contribution in [2.24, 2.45) is 7.05 Å². The van der Waals surface area contributed by atoms with Crippen LogP contribution in [0.1, 0.15) is 23.1 Å². The molecule has 0 aliphatic carbocycles. The lowest BCUT2D eigenvalue weighted by Crippen LogP contribution is -2.15. The van der Waals surface area contributed by atoms with Gasteiger partial charge >= 0.3 is 5.97 Å². The van der Waals surface area contributed by atoms with Crippen molar-refractivity contribution in [3.63, 3.8) is 0 Å². The molecule has 0 saturated heterocycles. The fraction of sp³-hybridized carbons (Fsp3) is 0.238. The van der Waals surface area contributed by atoms with Crippen molar-refractivity contribution >= 4 is 29.3 Å². The van der Waals surface area contributed by atoms with Crippen LogP contribution >= 0.6 is 11.8 Å². The van der Waals surface area contributed by atoms with Crippen LogP contribution in [0.2, 0.25) is 0 Å². The van der Waals surface area contributed by atoms with Gasteiger partial charge in [-0.25, -0.2) is 9.18 Å². The highest BCUT2D eigenvalue weighted by molar-refractivity contribution is 7.99. The average Bonchev–Trinajstić information content (AvgIpc) is 3.12. The number of carbonyl (C=O) groups is 2. The largest absolute Gasteiger partial charge is 0.486 e. The summed E-state index contributed by atoms with van der Waals surface area (Å²) in [5.74, 6) is 0.259. The predicted molar refractivity (Wildman–Crippen MR) is 113 cm³/mol. The van der Waals surface area contributed by atoms with Crippen LogP contribution in [-0.2, 0) is 23.2 Å². The number of carbonyl (C=O) groups excluding carboxylic acids is 2. The number of esters is 1. The van der Waals surface area contributed by atoms with Gasteiger partial charge in [-0.2, -0.15) is 0 Å². The number of nitrogens with one attached hydrogen (secondary N) is 1. The molecule has 10 heteroatoms. The molecule has 8 nitrogen and oxygen atoms in total. The summed E-state index contributed by atoms with van der Waals surface area (Å²) in [6.45, 7) is 2.20. The molecular formula is C21H21FN4O4S. The van der Waals surface area contributed by atoms with Gasteiger partial charge in [-0.3, -0.25) is 4.79 Å². The molecule has 0 atom stereocenters. The minimum atomic E-state index is -0.405. The molecule has 0 fully saturated rings. The van der Waals surface area contributed by atoms with E-state index in [1.807, 2.05) is 0 Å². The van der Waals surface area contributed by atoms with Gasteiger partial charge in [0.15, 0.2) is 11.0 Å². The van der Waals surface area contributed by atoms with Crippen LogP contribution in [0.5, 0.6) is 5.75 Å². The summed E-state index contributed by atoms with van der Waals surface area (Å²) in [5.41, 5.74) is 0.994. The van der Waals surface area contributed by atoms with Gasteiger partial charge in [0.1, 0.15) is 18.2 Å². The lowest BCUT2D eigenvalue weighted by Gasteiger charge is -2.07. The first-order valence-electron chi connectivity index (χ1n) is 9.42. The van der Waals surface area contributed by atoms with Crippen molar-refractivity contribution < 1.29 is 23.5 Å². The molecule has 3 aromatic rings. The third-order valence-corrected chi connectivity index (χ3v) is 5.14. The van der Waals surface area contributed by atoms with E-state index < -0.39 is 5.97 Å². The number of hydrogen-bond acceptors (Lipinski definition) is 7. The Morgan fingerprint density at radius 2 is 1.81 bits per heavy atom. The number of halogens is 1. The molecule has 1 aromatic heterocycles. The Bertz CT molecular complexity index is 1040. The summed E-state index contributed by atoms with van der Waals surface area (Å²) >= 11 is 1.23. The number of thioether (sulfide) groups is 1. The fourth-order valence-electron chi connectivity index (χ4n) is 2.51. The number of ether oxygens (including phenoxy) is 2. The third kappa shape index (κ3) is 6.29. The monoisotopic (exact) mass is 444 g/mol. The molecule has 2 aromatic carbocycles. The minimum absolute atomic E-state index is 0.129. The van der Waals surface area contributed by atoms with Gasteiger partial charge in [0.25, 0.3) is 0 Å². The number of anilines is 1. The molecule has 3 rings (SSSR count). The van der Waals surface area contributed by atoms with E-state index in [4.69, 9.17) is 9.47 Å². The van der Waals surface area contributed by atoms with E-state index in [1.54, 1.807) is 42.8 Å². The Hall–Kier alpha value is -3.40. The summed E-state index contributed by atoms with van der Waals surface area (Å²) in [7, 11) is 1.78. The maximum atomic E-state index is 12.9. The fourth-order valence-corrected chi connectivity index (χ4v) is 3.24. The van der Waals surface area contributed by atoms with Gasteiger partial charge in [-0.05, 0) is 55.5 Å². The van der Waals surface area contributed by atoms with E-state index >= 15 is 0 Å². The third-order valence-electron chi connectivity index (χ3n) is 4.12. The van der Waals surface area contributed by atoms with Gasteiger partial charge in [0.05, 0.1) is 17.9 Å². The van der Waals surface area contributed by atoms with E-state index in [0.717, 1.165) is 0 Å². The van der Waals surface area contributed by atoms with Crippen LogP contribution in [0.15, 0.2) is 53.7 Å². The first-order valence-corrected chi connectivity index (χ1v) is 10.4. The first kappa shape index (κ1) is 22.3. The first-order chi connectivity index (χ1) is 15.0. The molecule has 1 N–H and O–H groups in total. The zero-order valence-electron chi connectivity index (χ0n) is 17.0. The normalized spacial score (nSPS) is 10.5. The van der Waals surface area contributed by atoms with Crippen molar-refractivity contribution in [3.05, 3.63) is 65.7 Å². The summed E-state index contributed by atoms with van der Waals surface area (Å²) in [5, 5.41) is 11.5. The van der Waals surface area contributed by atoms with E-state index in [0.29, 0.717) is 34.6 Å². The molecule has 1 amide bonds. The molecule has 1 heterocycles. The molecular weight excluding hydrogens is 423 g/mol. The van der Waals surface area contributed by atoms with E-state index in [-0.39, 0.29) is 24.1 Å². The number of rotatable bonds is 9. The second-order valence-electron chi connectivity index (χ2n) is 6.34. The number of benzene rings is 2. The smallest absolute Gasteiger partial charge is 0.338 e. The van der Waals surface area contributed by atoms with Crippen LogP contribution in [-0.4, -0.2) is 39.0 Å². The maximum Gasteiger partial charge on any atom is 0.338 e. The standard InChI is InChI=1S/C21H21FN4O4S/c1-3-29-20(28)14-4-8-16(9-5-14)23-19(27)13-31-21-25-24-18(26(21)2)12-30-17-10-6-15(22)7-11-17/h4-11H,3,12-13H2,1-2H3,(H,23,27). The van der Waals surface area contributed by atoms with Crippen LogP contribution < -0.4 is 10.1 Å². The van der Waals surface area contributed by atoms with Gasteiger partial charge < -0.3 is 19.4 Å². The molecule has 0 saturated carbocycles. The molecule has 0 radical (unpaired) electrons. The molecule has 0 spiro atoms. The molecule has 0 aliphatic heterocycles. The number of aromatic nitrogens is 3. The Morgan fingerprint density at radius 1 is 1.10 bits per heavy atom. The highest BCUT2D eigenvalue weighted by Crippen LogP contribution is 2.18. The summed E-state index contributed by atoms with van der Waals surface area (Å²) in [6.07, 6.45) is 0.